The van der Waals surface area contributed by atoms with Crippen molar-refractivity contribution in [1.82, 2.24) is 19.5 Å². The lowest BCUT2D eigenvalue weighted by atomic mass is 10.3. The molecular weight excluding hydrogens is 214 g/mol. The molecule has 1 atom stereocenters. The topological polar surface area (TPSA) is 45.5 Å². The van der Waals surface area contributed by atoms with Crippen LogP contribution in [-0.4, -0.2) is 46.2 Å². The van der Waals surface area contributed by atoms with Crippen molar-refractivity contribution < 1.29 is 0 Å². The Hall–Kier alpha value is -1.62. The summed E-state index contributed by atoms with van der Waals surface area (Å²) in [5, 5.41) is 7.78. The van der Waals surface area contributed by atoms with E-state index in [1.54, 1.807) is 6.20 Å². The van der Waals surface area contributed by atoms with Crippen molar-refractivity contribution in [2.45, 2.75) is 19.9 Å². The van der Waals surface area contributed by atoms with Gasteiger partial charge in [0.2, 0.25) is 0 Å². The van der Waals surface area contributed by atoms with Crippen molar-refractivity contribution in [3.63, 3.8) is 0 Å². The molecule has 2 rings (SSSR count). The zero-order valence-corrected chi connectivity index (χ0v) is 10.8. The lowest BCUT2D eigenvalue weighted by Crippen LogP contribution is -2.30. The van der Waals surface area contributed by atoms with Crippen LogP contribution in [-0.2, 0) is 0 Å². The summed E-state index contributed by atoms with van der Waals surface area (Å²) in [6.45, 7) is 5.10. The number of aryl methyl sites for hydroxylation is 1. The van der Waals surface area contributed by atoms with Gasteiger partial charge < -0.3 is 10.2 Å². The van der Waals surface area contributed by atoms with Crippen LogP contribution in [0, 0.1) is 6.92 Å². The molecule has 1 unspecified atom stereocenters. The third kappa shape index (κ3) is 2.74. The van der Waals surface area contributed by atoms with Gasteiger partial charge in [0.15, 0.2) is 5.82 Å². The molecule has 0 radical (unpaired) electrons. The van der Waals surface area contributed by atoms with Crippen molar-refractivity contribution in [2.75, 3.05) is 26.0 Å². The standard InChI is InChI=1S/C12H19N5/c1-9-7-11-12(13-5-6-17(11)15-9)14-10(2)8-16(3)4/h5-7,10H,8H2,1-4H3,(H,13,14). The highest BCUT2D eigenvalue weighted by Gasteiger charge is 2.08. The Morgan fingerprint density at radius 1 is 1.47 bits per heavy atom. The third-order valence-electron chi connectivity index (χ3n) is 2.53. The fraction of sp³-hybridized carbons (Fsp3) is 0.500. The molecule has 5 nitrogen and oxygen atoms in total. The van der Waals surface area contributed by atoms with Crippen molar-refractivity contribution >= 4 is 11.3 Å². The number of fused-ring (bicyclic) bond motifs is 1. The van der Waals surface area contributed by atoms with Crippen LogP contribution in [0.2, 0.25) is 0 Å². The van der Waals surface area contributed by atoms with Crippen LogP contribution in [0.25, 0.3) is 5.52 Å². The lowest BCUT2D eigenvalue weighted by Gasteiger charge is -2.19. The van der Waals surface area contributed by atoms with E-state index >= 15 is 0 Å². The molecule has 0 aliphatic heterocycles. The van der Waals surface area contributed by atoms with E-state index in [0.29, 0.717) is 6.04 Å². The summed E-state index contributed by atoms with van der Waals surface area (Å²) >= 11 is 0. The number of nitrogens with one attached hydrogen (secondary N) is 1. The number of nitrogens with zero attached hydrogens (tertiary/aromatic N) is 4. The predicted octanol–water partition coefficient (Wildman–Crippen LogP) is 1.40. The van der Waals surface area contributed by atoms with E-state index < -0.39 is 0 Å². The summed E-state index contributed by atoms with van der Waals surface area (Å²) in [6, 6.07) is 2.39. The molecule has 0 bridgehead atoms. The smallest absolute Gasteiger partial charge is 0.152 e. The van der Waals surface area contributed by atoms with Gasteiger partial charge in [0, 0.05) is 25.0 Å². The van der Waals surface area contributed by atoms with Crippen LogP contribution in [0.15, 0.2) is 18.5 Å². The molecule has 0 aromatic carbocycles. The second-order valence-corrected chi connectivity index (χ2v) is 4.70. The Bertz CT molecular complexity index is 503. The van der Waals surface area contributed by atoms with Crippen LogP contribution in [0.1, 0.15) is 12.6 Å². The molecule has 2 heterocycles. The minimum atomic E-state index is 0.346. The van der Waals surface area contributed by atoms with Crippen LogP contribution in [0.4, 0.5) is 5.82 Å². The average Bonchev–Trinajstić information content (AvgIpc) is 2.58. The van der Waals surface area contributed by atoms with Crippen molar-refractivity contribution in [3.05, 3.63) is 24.2 Å². The van der Waals surface area contributed by atoms with E-state index in [-0.39, 0.29) is 0 Å². The number of hydrogen-bond acceptors (Lipinski definition) is 4. The molecule has 5 heteroatoms. The van der Waals surface area contributed by atoms with E-state index in [1.165, 1.54) is 0 Å². The van der Waals surface area contributed by atoms with Gasteiger partial charge in [0.1, 0.15) is 5.52 Å². The SMILES string of the molecule is Cc1cc2c(NC(C)CN(C)C)nccn2n1. The molecule has 2 aromatic heterocycles. The predicted molar refractivity (Wildman–Crippen MR) is 69.4 cm³/mol. The van der Waals surface area contributed by atoms with Gasteiger partial charge in [-0.1, -0.05) is 0 Å². The maximum atomic E-state index is 4.38. The summed E-state index contributed by atoms with van der Waals surface area (Å²) in [6.07, 6.45) is 3.63. The zero-order chi connectivity index (χ0) is 12.4. The van der Waals surface area contributed by atoms with E-state index in [0.717, 1.165) is 23.6 Å². The van der Waals surface area contributed by atoms with Crippen LogP contribution in [0.3, 0.4) is 0 Å². The van der Waals surface area contributed by atoms with Crippen LogP contribution >= 0.6 is 0 Å². The highest BCUT2D eigenvalue weighted by molar-refractivity contribution is 5.67. The van der Waals surface area contributed by atoms with Gasteiger partial charge in [-0.15, -0.1) is 0 Å². The van der Waals surface area contributed by atoms with Gasteiger partial charge in [-0.25, -0.2) is 9.50 Å². The largest absolute Gasteiger partial charge is 0.365 e. The summed E-state index contributed by atoms with van der Waals surface area (Å²) < 4.78 is 1.85. The summed E-state index contributed by atoms with van der Waals surface area (Å²) in [5.74, 6) is 0.891. The summed E-state index contributed by atoms with van der Waals surface area (Å²) in [5.41, 5.74) is 2.02. The minimum absolute atomic E-state index is 0.346. The normalized spacial score (nSPS) is 13.2. The van der Waals surface area contributed by atoms with E-state index in [4.69, 9.17) is 0 Å². The molecule has 0 fully saturated rings. The maximum Gasteiger partial charge on any atom is 0.152 e. The molecule has 0 saturated heterocycles. The average molecular weight is 233 g/mol. The summed E-state index contributed by atoms with van der Waals surface area (Å²) in [7, 11) is 4.13. The van der Waals surface area contributed by atoms with Gasteiger partial charge in [-0.2, -0.15) is 5.10 Å². The molecule has 0 aliphatic carbocycles. The first-order chi connectivity index (χ1) is 8.06. The maximum absolute atomic E-state index is 4.38. The first kappa shape index (κ1) is 11.9. The van der Waals surface area contributed by atoms with Gasteiger partial charge in [-0.05, 0) is 34.0 Å². The first-order valence-electron chi connectivity index (χ1n) is 5.78. The van der Waals surface area contributed by atoms with Gasteiger partial charge in [0.25, 0.3) is 0 Å². The first-order valence-corrected chi connectivity index (χ1v) is 5.78. The second-order valence-electron chi connectivity index (χ2n) is 4.70. The van der Waals surface area contributed by atoms with E-state index in [1.807, 2.05) is 23.7 Å². The molecule has 2 aromatic rings. The lowest BCUT2D eigenvalue weighted by molar-refractivity contribution is 0.392. The quantitative estimate of drug-likeness (QED) is 0.867. The van der Waals surface area contributed by atoms with Gasteiger partial charge in [0.05, 0.1) is 5.69 Å². The Kier molecular flexibility index (Phi) is 3.28. The Labute approximate surface area is 101 Å². The highest BCUT2D eigenvalue weighted by atomic mass is 15.2. The molecule has 0 aliphatic rings. The Morgan fingerprint density at radius 2 is 2.24 bits per heavy atom. The summed E-state index contributed by atoms with van der Waals surface area (Å²) in [4.78, 5) is 6.53. The highest BCUT2D eigenvalue weighted by Crippen LogP contribution is 2.15. The van der Waals surface area contributed by atoms with Crippen LogP contribution < -0.4 is 5.32 Å². The minimum Gasteiger partial charge on any atom is -0.365 e. The molecule has 0 amide bonds. The Morgan fingerprint density at radius 3 is 2.94 bits per heavy atom. The molecule has 0 spiro atoms. The zero-order valence-electron chi connectivity index (χ0n) is 10.8. The molecule has 0 saturated carbocycles. The van der Waals surface area contributed by atoms with Crippen molar-refractivity contribution in [1.29, 1.82) is 0 Å². The van der Waals surface area contributed by atoms with Crippen molar-refractivity contribution in [2.24, 2.45) is 0 Å². The molecule has 1 N–H and O–H groups in total. The second kappa shape index (κ2) is 4.71. The number of hydrogen-bond donors (Lipinski definition) is 1. The fourth-order valence-electron chi connectivity index (χ4n) is 1.98. The van der Waals surface area contributed by atoms with Crippen LogP contribution in [0.5, 0.6) is 0 Å². The van der Waals surface area contributed by atoms with E-state index in [2.05, 4.69) is 41.3 Å². The monoisotopic (exact) mass is 233 g/mol. The van der Waals surface area contributed by atoms with Gasteiger partial charge >= 0.3 is 0 Å². The number of likely N-dealkylation sites (N-methyl/N-ethyl adjacent to an activating group) is 1. The number of aromatic nitrogens is 3. The third-order valence-corrected chi connectivity index (χ3v) is 2.53. The fourth-order valence-corrected chi connectivity index (χ4v) is 1.98. The molecule has 17 heavy (non-hydrogen) atoms. The van der Waals surface area contributed by atoms with Crippen molar-refractivity contribution in [3.8, 4) is 0 Å². The van der Waals surface area contributed by atoms with E-state index in [9.17, 15) is 0 Å². The van der Waals surface area contributed by atoms with Gasteiger partial charge in [-0.3, -0.25) is 0 Å². The molecule has 92 valence electrons. The number of anilines is 1. The molecular formula is C12H19N5. The Balaban J connectivity index is 2.23. The number of rotatable bonds is 4.